The molecule has 1 rings (SSSR count). The first-order chi connectivity index (χ1) is 13.2. The summed E-state index contributed by atoms with van der Waals surface area (Å²) in [5.41, 5.74) is 1.54. The fourth-order valence-corrected chi connectivity index (χ4v) is 3.49. The van der Waals surface area contributed by atoms with E-state index in [2.05, 4.69) is 5.32 Å². The molecule has 1 saturated heterocycles. The van der Waals surface area contributed by atoms with Gasteiger partial charge in [0, 0.05) is 18.9 Å². The molecule has 0 saturated carbocycles. The van der Waals surface area contributed by atoms with Crippen molar-refractivity contribution in [1.29, 1.82) is 0 Å². The monoisotopic (exact) mass is 399 g/mol. The van der Waals surface area contributed by atoms with E-state index in [0.717, 1.165) is 19.3 Å². The van der Waals surface area contributed by atoms with E-state index in [1.165, 1.54) is 4.90 Å². The van der Waals surface area contributed by atoms with Crippen LogP contribution >= 0.6 is 0 Å². The van der Waals surface area contributed by atoms with Gasteiger partial charge in [-0.05, 0) is 25.2 Å². The third kappa shape index (κ3) is 6.78. The summed E-state index contributed by atoms with van der Waals surface area (Å²) in [7, 11) is 0. The van der Waals surface area contributed by atoms with Gasteiger partial charge in [0.1, 0.15) is 12.1 Å². The van der Waals surface area contributed by atoms with Gasteiger partial charge in [0.2, 0.25) is 17.7 Å². The van der Waals surface area contributed by atoms with E-state index >= 15 is 0 Å². The van der Waals surface area contributed by atoms with Crippen molar-refractivity contribution in [2.24, 2.45) is 11.8 Å². The van der Waals surface area contributed by atoms with E-state index < -0.39 is 41.7 Å². The molecule has 0 aliphatic carbocycles. The maximum atomic E-state index is 12.9. The minimum atomic E-state index is -1.04. The van der Waals surface area contributed by atoms with Crippen molar-refractivity contribution in [2.45, 2.75) is 77.8 Å². The number of unbranched alkanes of at least 4 members (excludes halogenated alkanes) is 2. The lowest BCUT2D eigenvalue weighted by Gasteiger charge is -2.30. The first-order valence-electron chi connectivity index (χ1n) is 9.99. The second-order valence-electron chi connectivity index (χ2n) is 7.69. The van der Waals surface area contributed by atoms with Gasteiger partial charge in [0.25, 0.3) is 0 Å². The molecule has 0 aromatic heterocycles. The first kappa shape index (κ1) is 23.9. The molecular formula is C19H33N3O6. The molecule has 9 nitrogen and oxygen atoms in total. The molecule has 3 atom stereocenters. The summed E-state index contributed by atoms with van der Waals surface area (Å²) in [6, 6.07) is -1.73. The Balaban J connectivity index is 2.88. The van der Waals surface area contributed by atoms with Gasteiger partial charge in [-0.3, -0.25) is 19.6 Å². The normalized spacial score (nSPS) is 18.6. The van der Waals surface area contributed by atoms with Gasteiger partial charge in [-0.15, -0.1) is 0 Å². The van der Waals surface area contributed by atoms with Crippen molar-refractivity contribution in [3.63, 3.8) is 0 Å². The Hall–Kier alpha value is -2.16. The Morgan fingerprint density at radius 1 is 1.18 bits per heavy atom. The standard InChI is InChI=1S/C19H33N3O6/c1-4-5-6-8-13(11-15(23)21-28)17(24)20-16(12(2)3)18(25)22-10-7-9-14(22)19(26)27/h12-14,16,28H,4-11H2,1-3H3,(H,20,24)(H,21,23)(H,26,27)/t13-,14-,16-/m0/s1. The van der Waals surface area contributed by atoms with Crippen LogP contribution in [0.5, 0.6) is 0 Å². The van der Waals surface area contributed by atoms with Crippen LogP contribution in [0.4, 0.5) is 0 Å². The summed E-state index contributed by atoms with van der Waals surface area (Å²) >= 11 is 0. The summed E-state index contributed by atoms with van der Waals surface area (Å²) in [4.78, 5) is 50.0. The molecule has 160 valence electrons. The molecule has 3 amide bonds. The number of rotatable bonds is 11. The van der Waals surface area contributed by atoms with Crippen LogP contribution in [0.2, 0.25) is 0 Å². The number of carboxylic acid groups (broad SMARTS) is 1. The number of hydroxylamine groups is 1. The van der Waals surface area contributed by atoms with Crippen LogP contribution in [0.25, 0.3) is 0 Å². The van der Waals surface area contributed by atoms with Crippen LogP contribution in [0, 0.1) is 11.8 Å². The molecular weight excluding hydrogens is 366 g/mol. The second-order valence-corrected chi connectivity index (χ2v) is 7.69. The average Bonchev–Trinajstić information content (AvgIpc) is 3.14. The zero-order valence-electron chi connectivity index (χ0n) is 16.9. The number of nitrogens with one attached hydrogen (secondary N) is 2. The van der Waals surface area contributed by atoms with Crippen molar-refractivity contribution in [2.75, 3.05) is 6.54 Å². The summed E-state index contributed by atoms with van der Waals surface area (Å²) in [5, 5.41) is 20.8. The maximum absolute atomic E-state index is 12.9. The lowest BCUT2D eigenvalue weighted by Crippen LogP contribution is -2.54. The van der Waals surface area contributed by atoms with E-state index in [1.54, 1.807) is 19.3 Å². The zero-order valence-corrected chi connectivity index (χ0v) is 16.9. The fourth-order valence-electron chi connectivity index (χ4n) is 3.49. The number of likely N-dealkylation sites (tertiary alicyclic amines) is 1. The molecule has 0 radical (unpaired) electrons. The van der Waals surface area contributed by atoms with Crippen LogP contribution in [0.3, 0.4) is 0 Å². The fraction of sp³-hybridized carbons (Fsp3) is 0.789. The molecule has 1 aliphatic heterocycles. The quantitative estimate of drug-likeness (QED) is 0.235. The number of amides is 3. The Bertz CT molecular complexity index is 566. The predicted molar refractivity (Wildman–Crippen MR) is 101 cm³/mol. The summed E-state index contributed by atoms with van der Waals surface area (Å²) in [6.07, 6.45) is 3.92. The van der Waals surface area contributed by atoms with Crippen LogP contribution < -0.4 is 10.8 Å². The average molecular weight is 399 g/mol. The zero-order chi connectivity index (χ0) is 21.3. The van der Waals surface area contributed by atoms with Gasteiger partial charge in [-0.1, -0.05) is 40.0 Å². The Kier molecular flexibility index (Phi) is 9.92. The molecule has 1 fully saturated rings. The Morgan fingerprint density at radius 3 is 2.39 bits per heavy atom. The third-order valence-electron chi connectivity index (χ3n) is 5.13. The minimum absolute atomic E-state index is 0.174. The molecule has 4 N–H and O–H groups in total. The highest BCUT2D eigenvalue weighted by molar-refractivity contribution is 5.92. The lowest BCUT2D eigenvalue weighted by atomic mass is 9.94. The van der Waals surface area contributed by atoms with E-state index in [1.807, 2.05) is 6.92 Å². The largest absolute Gasteiger partial charge is 0.480 e. The highest BCUT2D eigenvalue weighted by atomic mass is 16.5. The topological polar surface area (TPSA) is 136 Å². The lowest BCUT2D eigenvalue weighted by molar-refractivity contribution is -0.150. The van der Waals surface area contributed by atoms with Crippen molar-refractivity contribution in [1.82, 2.24) is 15.7 Å². The SMILES string of the molecule is CCCCC[C@@H](CC(=O)NO)C(=O)N[C@H](C(=O)N1CCC[C@H]1C(=O)O)C(C)C. The molecule has 1 aliphatic rings. The predicted octanol–water partition coefficient (Wildman–Crippen LogP) is 1.29. The van der Waals surface area contributed by atoms with E-state index in [4.69, 9.17) is 5.21 Å². The number of carboxylic acids is 1. The molecule has 0 unspecified atom stereocenters. The molecule has 1 heterocycles. The second kappa shape index (κ2) is 11.6. The molecule has 9 heteroatoms. The summed E-state index contributed by atoms with van der Waals surface area (Å²) in [5.74, 6) is -3.45. The Morgan fingerprint density at radius 2 is 1.86 bits per heavy atom. The van der Waals surface area contributed by atoms with Gasteiger partial charge < -0.3 is 15.3 Å². The van der Waals surface area contributed by atoms with Gasteiger partial charge in [-0.25, -0.2) is 10.3 Å². The van der Waals surface area contributed by atoms with Gasteiger partial charge in [0.15, 0.2) is 0 Å². The number of carbonyl (C=O) groups is 4. The van der Waals surface area contributed by atoms with E-state index in [0.29, 0.717) is 25.8 Å². The highest BCUT2D eigenvalue weighted by Gasteiger charge is 2.39. The number of nitrogens with zero attached hydrogens (tertiary/aromatic N) is 1. The smallest absolute Gasteiger partial charge is 0.326 e. The minimum Gasteiger partial charge on any atom is -0.480 e. The van der Waals surface area contributed by atoms with Crippen LogP contribution in [0.1, 0.15) is 65.7 Å². The van der Waals surface area contributed by atoms with Crippen LogP contribution in [-0.2, 0) is 19.2 Å². The van der Waals surface area contributed by atoms with Gasteiger partial charge in [0.05, 0.1) is 0 Å². The van der Waals surface area contributed by atoms with Crippen molar-refractivity contribution in [3.05, 3.63) is 0 Å². The Labute approximate surface area is 165 Å². The maximum Gasteiger partial charge on any atom is 0.326 e. The van der Waals surface area contributed by atoms with Crippen molar-refractivity contribution >= 4 is 23.7 Å². The van der Waals surface area contributed by atoms with Gasteiger partial charge >= 0.3 is 5.97 Å². The highest BCUT2D eigenvalue weighted by Crippen LogP contribution is 2.21. The first-order valence-corrected chi connectivity index (χ1v) is 9.99. The molecule has 0 spiro atoms. The number of hydrogen-bond donors (Lipinski definition) is 4. The molecule has 0 aromatic rings. The molecule has 28 heavy (non-hydrogen) atoms. The van der Waals surface area contributed by atoms with Crippen molar-refractivity contribution in [3.8, 4) is 0 Å². The van der Waals surface area contributed by atoms with Crippen molar-refractivity contribution < 1.29 is 29.5 Å². The molecule has 0 aromatic carbocycles. The van der Waals surface area contributed by atoms with Crippen LogP contribution in [0.15, 0.2) is 0 Å². The number of aliphatic carboxylic acids is 1. The number of hydrogen-bond acceptors (Lipinski definition) is 5. The molecule has 0 bridgehead atoms. The summed E-state index contributed by atoms with van der Waals surface area (Å²) in [6.45, 7) is 5.93. The third-order valence-corrected chi connectivity index (χ3v) is 5.13. The van der Waals surface area contributed by atoms with Gasteiger partial charge in [-0.2, -0.15) is 0 Å². The van der Waals surface area contributed by atoms with Crippen LogP contribution in [-0.4, -0.2) is 57.5 Å². The van der Waals surface area contributed by atoms with E-state index in [-0.39, 0.29) is 12.3 Å². The summed E-state index contributed by atoms with van der Waals surface area (Å²) < 4.78 is 0. The number of carbonyl (C=O) groups excluding carboxylic acids is 3. The van der Waals surface area contributed by atoms with E-state index in [9.17, 15) is 24.3 Å².